The Morgan fingerprint density at radius 2 is 2.07 bits per heavy atom. The smallest absolute Gasteiger partial charge is 0.263 e. The number of hydrogen-bond acceptors (Lipinski definition) is 5. The minimum absolute atomic E-state index is 0.0690. The van der Waals surface area contributed by atoms with Crippen LogP contribution >= 0.6 is 0 Å². The van der Waals surface area contributed by atoms with Gasteiger partial charge in [0.05, 0.1) is 11.6 Å². The Morgan fingerprint density at radius 1 is 1.31 bits per heavy atom. The second-order valence-electron chi connectivity index (χ2n) is 6.83. The molecule has 0 fully saturated rings. The third-order valence-electron chi connectivity index (χ3n) is 4.70. The molecule has 1 N–H and O–H groups in total. The molecule has 0 bridgehead atoms. The van der Waals surface area contributed by atoms with Gasteiger partial charge >= 0.3 is 0 Å². The van der Waals surface area contributed by atoms with E-state index in [0.29, 0.717) is 42.3 Å². The van der Waals surface area contributed by atoms with Crippen LogP contribution in [0.2, 0.25) is 0 Å². The standard InChI is InChI=1S/C22H23N3O4/c1-15-22(27)25(10-3-11-28-2)14-18-12-19(8-9-20(18)29-15)24-21(26)17-6-4-16(13-23)5-7-17/h4-9,12,15H,3,10-11,14H2,1-2H3,(H,24,26). The molecule has 1 atom stereocenters. The van der Waals surface area contributed by atoms with Crippen molar-refractivity contribution in [3.05, 3.63) is 59.2 Å². The van der Waals surface area contributed by atoms with Gasteiger partial charge in [-0.1, -0.05) is 0 Å². The fourth-order valence-corrected chi connectivity index (χ4v) is 3.17. The minimum atomic E-state index is -0.571. The monoisotopic (exact) mass is 393 g/mol. The maximum absolute atomic E-state index is 12.6. The number of carbonyl (C=O) groups excluding carboxylic acids is 2. The van der Waals surface area contributed by atoms with Gasteiger partial charge in [0.1, 0.15) is 5.75 Å². The lowest BCUT2D eigenvalue weighted by Crippen LogP contribution is -2.38. The van der Waals surface area contributed by atoms with E-state index in [1.165, 1.54) is 0 Å². The van der Waals surface area contributed by atoms with Gasteiger partial charge in [-0.15, -0.1) is 0 Å². The van der Waals surface area contributed by atoms with Crippen LogP contribution in [0.4, 0.5) is 5.69 Å². The van der Waals surface area contributed by atoms with Gasteiger partial charge in [-0.2, -0.15) is 5.26 Å². The largest absolute Gasteiger partial charge is 0.481 e. The number of carbonyl (C=O) groups is 2. The molecule has 0 spiro atoms. The molecule has 0 aromatic heterocycles. The molecule has 0 saturated heterocycles. The van der Waals surface area contributed by atoms with Crippen LogP contribution in [0.1, 0.15) is 34.8 Å². The predicted octanol–water partition coefficient (Wildman–Crippen LogP) is 2.96. The van der Waals surface area contributed by atoms with Gasteiger partial charge in [-0.05, 0) is 55.8 Å². The Morgan fingerprint density at radius 3 is 2.76 bits per heavy atom. The molecule has 0 radical (unpaired) electrons. The number of rotatable bonds is 6. The quantitative estimate of drug-likeness (QED) is 0.762. The zero-order valence-electron chi connectivity index (χ0n) is 16.5. The molecule has 7 heteroatoms. The van der Waals surface area contributed by atoms with Crippen molar-refractivity contribution in [2.24, 2.45) is 0 Å². The normalized spacial score (nSPS) is 15.7. The van der Waals surface area contributed by atoms with Crippen LogP contribution in [0.3, 0.4) is 0 Å². The first kappa shape index (κ1) is 20.4. The summed E-state index contributed by atoms with van der Waals surface area (Å²) in [5.74, 6) is 0.294. The number of nitriles is 1. The number of nitrogens with one attached hydrogen (secondary N) is 1. The number of amides is 2. The summed E-state index contributed by atoms with van der Waals surface area (Å²) in [6.45, 7) is 3.29. The zero-order valence-corrected chi connectivity index (χ0v) is 16.5. The molecule has 1 aliphatic rings. The first-order valence-corrected chi connectivity index (χ1v) is 9.40. The summed E-state index contributed by atoms with van der Waals surface area (Å²) in [6, 6.07) is 13.8. The van der Waals surface area contributed by atoms with Crippen molar-refractivity contribution >= 4 is 17.5 Å². The molecule has 3 rings (SSSR count). The van der Waals surface area contributed by atoms with Gasteiger partial charge < -0.3 is 19.7 Å². The van der Waals surface area contributed by atoms with E-state index in [-0.39, 0.29) is 11.8 Å². The van der Waals surface area contributed by atoms with Gasteiger partial charge in [0.25, 0.3) is 11.8 Å². The lowest BCUT2D eigenvalue weighted by Gasteiger charge is -2.22. The van der Waals surface area contributed by atoms with Crippen molar-refractivity contribution in [2.75, 3.05) is 25.6 Å². The summed E-state index contributed by atoms with van der Waals surface area (Å²) in [7, 11) is 1.63. The van der Waals surface area contributed by atoms with Gasteiger partial charge in [0, 0.05) is 43.6 Å². The van der Waals surface area contributed by atoms with E-state index < -0.39 is 6.10 Å². The number of benzene rings is 2. The predicted molar refractivity (Wildman–Crippen MR) is 108 cm³/mol. The van der Waals surface area contributed by atoms with E-state index in [2.05, 4.69) is 5.32 Å². The van der Waals surface area contributed by atoms with Crippen LogP contribution in [0, 0.1) is 11.3 Å². The third-order valence-corrected chi connectivity index (χ3v) is 4.70. The topological polar surface area (TPSA) is 91.7 Å². The number of ether oxygens (including phenoxy) is 2. The van der Waals surface area contributed by atoms with Crippen molar-refractivity contribution in [2.45, 2.75) is 26.0 Å². The van der Waals surface area contributed by atoms with Crippen LogP contribution in [0.5, 0.6) is 5.75 Å². The SMILES string of the molecule is COCCCN1Cc2cc(NC(=O)c3ccc(C#N)cc3)ccc2OC(C)C1=O. The average Bonchev–Trinajstić information content (AvgIpc) is 2.85. The number of hydrogen-bond donors (Lipinski definition) is 1. The molecule has 0 saturated carbocycles. The summed E-state index contributed by atoms with van der Waals surface area (Å²) in [5.41, 5.74) is 2.40. The van der Waals surface area contributed by atoms with Crippen LogP contribution in [0.25, 0.3) is 0 Å². The van der Waals surface area contributed by atoms with Crippen molar-refractivity contribution in [1.82, 2.24) is 4.90 Å². The molecule has 2 aromatic carbocycles. The van der Waals surface area contributed by atoms with Crippen LogP contribution in [0.15, 0.2) is 42.5 Å². The molecule has 1 unspecified atom stereocenters. The Balaban J connectivity index is 1.76. The molecular formula is C22H23N3O4. The summed E-state index contributed by atoms with van der Waals surface area (Å²) in [4.78, 5) is 26.8. The fraction of sp³-hybridized carbons (Fsp3) is 0.318. The Labute approximate surface area is 169 Å². The highest BCUT2D eigenvalue weighted by Crippen LogP contribution is 2.29. The maximum Gasteiger partial charge on any atom is 0.263 e. The highest BCUT2D eigenvalue weighted by Gasteiger charge is 2.27. The second-order valence-corrected chi connectivity index (χ2v) is 6.83. The average molecular weight is 393 g/mol. The number of anilines is 1. The molecule has 1 aliphatic heterocycles. The highest BCUT2D eigenvalue weighted by molar-refractivity contribution is 6.04. The summed E-state index contributed by atoms with van der Waals surface area (Å²) >= 11 is 0. The van der Waals surface area contributed by atoms with Crippen LogP contribution in [-0.4, -0.2) is 43.1 Å². The van der Waals surface area contributed by atoms with E-state index in [9.17, 15) is 9.59 Å². The summed E-state index contributed by atoms with van der Waals surface area (Å²) in [6.07, 6.45) is 0.164. The Bertz CT molecular complexity index is 934. The molecule has 1 heterocycles. The van der Waals surface area contributed by atoms with Crippen molar-refractivity contribution in [3.8, 4) is 11.8 Å². The zero-order chi connectivity index (χ0) is 20.8. The van der Waals surface area contributed by atoms with E-state index in [0.717, 1.165) is 12.0 Å². The fourth-order valence-electron chi connectivity index (χ4n) is 3.17. The van der Waals surface area contributed by atoms with Crippen molar-refractivity contribution in [1.29, 1.82) is 5.26 Å². The number of methoxy groups -OCH3 is 1. The molecule has 7 nitrogen and oxygen atoms in total. The molecular weight excluding hydrogens is 370 g/mol. The molecule has 0 aliphatic carbocycles. The molecule has 2 amide bonds. The maximum atomic E-state index is 12.6. The van der Waals surface area contributed by atoms with E-state index >= 15 is 0 Å². The first-order chi connectivity index (χ1) is 14.0. The van der Waals surface area contributed by atoms with Gasteiger partial charge in [0.15, 0.2) is 6.10 Å². The minimum Gasteiger partial charge on any atom is -0.481 e. The Hall–Kier alpha value is -3.37. The van der Waals surface area contributed by atoms with E-state index in [1.54, 1.807) is 55.3 Å². The van der Waals surface area contributed by atoms with Gasteiger partial charge in [-0.3, -0.25) is 9.59 Å². The lowest BCUT2D eigenvalue weighted by atomic mass is 10.1. The van der Waals surface area contributed by atoms with Gasteiger partial charge in [0.2, 0.25) is 0 Å². The first-order valence-electron chi connectivity index (χ1n) is 9.40. The summed E-state index contributed by atoms with van der Waals surface area (Å²) < 4.78 is 10.9. The highest BCUT2D eigenvalue weighted by atomic mass is 16.5. The lowest BCUT2D eigenvalue weighted by molar-refractivity contribution is -0.137. The van der Waals surface area contributed by atoms with Gasteiger partial charge in [-0.25, -0.2) is 0 Å². The second kappa shape index (κ2) is 9.22. The van der Waals surface area contributed by atoms with Crippen molar-refractivity contribution in [3.63, 3.8) is 0 Å². The number of fused-ring (bicyclic) bond motifs is 1. The molecule has 2 aromatic rings. The van der Waals surface area contributed by atoms with E-state index in [1.807, 2.05) is 12.1 Å². The summed E-state index contributed by atoms with van der Waals surface area (Å²) in [5, 5.41) is 11.7. The number of nitrogens with zero attached hydrogens (tertiary/aromatic N) is 2. The molecule has 150 valence electrons. The third kappa shape index (κ3) is 4.92. The van der Waals surface area contributed by atoms with Crippen LogP contribution in [-0.2, 0) is 16.1 Å². The van der Waals surface area contributed by atoms with Crippen LogP contribution < -0.4 is 10.1 Å². The van der Waals surface area contributed by atoms with Crippen molar-refractivity contribution < 1.29 is 19.1 Å². The molecule has 29 heavy (non-hydrogen) atoms. The van der Waals surface area contributed by atoms with E-state index in [4.69, 9.17) is 14.7 Å². The Kier molecular flexibility index (Phi) is 6.47.